The number of benzene rings is 1. The van der Waals surface area contributed by atoms with Gasteiger partial charge in [-0.1, -0.05) is 0 Å². The summed E-state index contributed by atoms with van der Waals surface area (Å²) in [6.45, 7) is 1.14. The summed E-state index contributed by atoms with van der Waals surface area (Å²) in [4.78, 5) is 33.1. The van der Waals surface area contributed by atoms with Gasteiger partial charge in [0.25, 0.3) is 0 Å². The molecule has 0 N–H and O–H groups in total. The van der Waals surface area contributed by atoms with Crippen LogP contribution in [0, 0.1) is 5.82 Å². The Morgan fingerprint density at radius 1 is 1.11 bits per heavy atom. The van der Waals surface area contributed by atoms with Crippen LogP contribution in [0.25, 0.3) is 0 Å². The van der Waals surface area contributed by atoms with Crippen molar-refractivity contribution < 1.29 is 23.5 Å². The predicted octanol–water partition coefficient (Wildman–Crippen LogP) is 2.27. The quantitative estimate of drug-likeness (QED) is 0.458. The van der Waals surface area contributed by atoms with Gasteiger partial charge in [0.1, 0.15) is 5.82 Å². The largest absolute Gasteiger partial charge is 0.393 e. The number of carbonyl (C=O) groups excluding carboxylic acids is 3. The number of hydrogen-bond donors (Lipinski definition) is 0. The lowest BCUT2D eigenvalue weighted by Gasteiger charge is -2.01. The molecule has 0 atom stereocenters. The average molecular weight is 252 g/mol. The van der Waals surface area contributed by atoms with Gasteiger partial charge in [-0.05, 0) is 30.7 Å². The van der Waals surface area contributed by atoms with Crippen molar-refractivity contribution >= 4 is 17.7 Å². The molecule has 0 saturated carbocycles. The zero-order chi connectivity index (χ0) is 13.5. The lowest BCUT2D eigenvalue weighted by Crippen LogP contribution is -2.09. The van der Waals surface area contributed by atoms with Crippen molar-refractivity contribution in [2.45, 2.75) is 26.2 Å². The molecule has 5 heteroatoms. The van der Waals surface area contributed by atoms with E-state index in [1.54, 1.807) is 0 Å². The molecule has 4 nitrogen and oxygen atoms in total. The SMILES string of the molecule is CC(=O)OC(=O)CCCC(=O)c1ccc(F)cc1. The summed E-state index contributed by atoms with van der Waals surface area (Å²) in [7, 11) is 0. The van der Waals surface area contributed by atoms with E-state index in [4.69, 9.17) is 0 Å². The van der Waals surface area contributed by atoms with Gasteiger partial charge in [-0.3, -0.25) is 14.4 Å². The highest BCUT2D eigenvalue weighted by atomic mass is 19.1. The average Bonchev–Trinajstić information content (AvgIpc) is 2.28. The Balaban J connectivity index is 2.35. The van der Waals surface area contributed by atoms with E-state index in [1.807, 2.05) is 0 Å². The molecule has 0 spiro atoms. The van der Waals surface area contributed by atoms with Crippen LogP contribution in [0.4, 0.5) is 4.39 Å². The smallest absolute Gasteiger partial charge is 0.313 e. The van der Waals surface area contributed by atoms with Gasteiger partial charge < -0.3 is 4.74 Å². The van der Waals surface area contributed by atoms with Gasteiger partial charge in [0.15, 0.2) is 5.78 Å². The first kappa shape index (κ1) is 14.0. The van der Waals surface area contributed by atoms with Crippen molar-refractivity contribution in [2.24, 2.45) is 0 Å². The Morgan fingerprint density at radius 3 is 2.28 bits per heavy atom. The van der Waals surface area contributed by atoms with Crippen molar-refractivity contribution in [1.29, 1.82) is 0 Å². The molecule has 0 heterocycles. The van der Waals surface area contributed by atoms with Gasteiger partial charge in [0.05, 0.1) is 0 Å². The molecular weight excluding hydrogens is 239 g/mol. The maximum atomic E-state index is 12.6. The molecule has 18 heavy (non-hydrogen) atoms. The molecule has 1 aromatic rings. The highest BCUT2D eigenvalue weighted by molar-refractivity contribution is 5.96. The third-order valence-electron chi connectivity index (χ3n) is 2.21. The van der Waals surface area contributed by atoms with Gasteiger partial charge in [0, 0.05) is 25.3 Å². The molecule has 0 aliphatic carbocycles. The summed E-state index contributed by atoms with van der Waals surface area (Å²) in [5.74, 6) is -1.89. The first-order valence-corrected chi connectivity index (χ1v) is 5.49. The molecule has 0 saturated heterocycles. The van der Waals surface area contributed by atoms with Gasteiger partial charge in [-0.2, -0.15) is 0 Å². The van der Waals surface area contributed by atoms with Crippen LogP contribution in [-0.2, 0) is 14.3 Å². The zero-order valence-electron chi connectivity index (χ0n) is 9.94. The third-order valence-corrected chi connectivity index (χ3v) is 2.21. The fourth-order valence-corrected chi connectivity index (χ4v) is 1.38. The normalized spacial score (nSPS) is 9.89. The lowest BCUT2D eigenvalue weighted by molar-refractivity contribution is -0.158. The highest BCUT2D eigenvalue weighted by Crippen LogP contribution is 2.08. The molecule has 0 aliphatic rings. The van der Waals surface area contributed by atoms with Crippen LogP contribution in [0.2, 0.25) is 0 Å². The van der Waals surface area contributed by atoms with E-state index >= 15 is 0 Å². The monoisotopic (exact) mass is 252 g/mol. The maximum absolute atomic E-state index is 12.6. The Labute approximate surface area is 104 Å². The molecule has 96 valence electrons. The van der Waals surface area contributed by atoms with Crippen molar-refractivity contribution in [1.82, 2.24) is 0 Å². The minimum atomic E-state index is -0.662. The highest BCUT2D eigenvalue weighted by Gasteiger charge is 2.09. The van der Waals surface area contributed by atoms with E-state index in [0.717, 1.165) is 6.92 Å². The Bertz CT molecular complexity index is 451. The van der Waals surface area contributed by atoms with Crippen molar-refractivity contribution in [2.75, 3.05) is 0 Å². The van der Waals surface area contributed by atoms with E-state index in [9.17, 15) is 18.8 Å². The van der Waals surface area contributed by atoms with Crippen LogP contribution < -0.4 is 0 Å². The summed E-state index contributed by atoms with van der Waals surface area (Å²) in [6, 6.07) is 5.20. The molecule has 0 fully saturated rings. The van der Waals surface area contributed by atoms with Gasteiger partial charge in [0.2, 0.25) is 0 Å². The second-order valence-electron chi connectivity index (χ2n) is 3.75. The van der Waals surface area contributed by atoms with Gasteiger partial charge in [-0.15, -0.1) is 0 Å². The molecule has 0 aliphatic heterocycles. The number of hydrogen-bond acceptors (Lipinski definition) is 4. The summed E-state index contributed by atoms with van der Waals surface area (Å²) in [5, 5.41) is 0. The minimum Gasteiger partial charge on any atom is -0.393 e. The van der Waals surface area contributed by atoms with E-state index < -0.39 is 17.8 Å². The second kappa shape index (κ2) is 6.64. The standard InChI is InChI=1S/C13H13FO4/c1-9(15)18-13(17)4-2-3-12(16)10-5-7-11(14)8-6-10/h5-8H,2-4H2,1H3. The molecule has 0 bridgehead atoms. The van der Waals surface area contributed by atoms with Gasteiger partial charge in [-0.25, -0.2) is 4.39 Å². The van der Waals surface area contributed by atoms with Crippen LogP contribution in [-0.4, -0.2) is 17.7 Å². The summed E-state index contributed by atoms with van der Waals surface area (Å²) in [6.07, 6.45) is 0.452. The number of ether oxygens (including phenoxy) is 1. The second-order valence-corrected chi connectivity index (χ2v) is 3.75. The number of halogens is 1. The van der Waals surface area contributed by atoms with Crippen LogP contribution in [0.1, 0.15) is 36.5 Å². The zero-order valence-corrected chi connectivity index (χ0v) is 9.94. The Morgan fingerprint density at radius 2 is 1.72 bits per heavy atom. The van der Waals surface area contributed by atoms with Crippen LogP contribution >= 0.6 is 0 Å². The number of rotatable bonds is 5. The molecule has 0 aromatic heterocycles. The first-order chi connectivity index (χ1) is 8.49. The van der Waals surface area contributed by atoms with Crippen molar-refractivity contribution in [3.8, 4) is 0 Å². The van der Waals surface area contributed by atoms with Gasteiger partial charge >= 0.3 is 11.9 Å². The molecule has 0 amide bonds. The minimum absolute atomic E-state index is 0.00646. The Kier molecular flexibility index (Phi) is 5.17. The van der Waals surface area contributed by atoms with Crippen molar-refractivity contribution in [3.05, 3.63) is 35.6 Å². The molecule has 1 rings (SSSR count). The van der Waals surface area contributed by atoms with Crippen molar-refractivity contribution in [3.63, 3.8) is 0 Å². The van der Waals surface area contributed by atoms with E-state index in [-0.39, 0.29) is 18.6 Å². The first-order valence-electron chi connectivity index (χ1n) is 5.49. The summed E-state index contributed by atoms with van der Waals surface area (Å²) < 4.78 is 16.9. The molecule has 1 aromatic carbocycles. The number of Topliss-reactive ketones (excluding diaryl/α,β-unsaturated/α-hetero) is 1. The maximum Gasteiger partial charge on any atom is 0.313 e. The molecular formula is C13H13FO4. The molecule has 0 unspecified atom stereocenters. The number of esters is 2. The van der Waals surface area contributed by atoms with E-state index in [1.165, 1.54) is 24.3 Å². The third kappa shape index (κ3) is 4.86. The molecule has 0 radical (unpaired) electrons. The van der Waals surface area contributed by atoms with Crippen LogP contribution in [0.15, 0.2) is 24.3 Å². The number of ketones is 1. The van der Waals surface area contributed by atoms with E-state index in [0.29, 0.717) is 12.0 Å². The fraction of sp³-hybridized carbons (Fsp3) is 0.308. The summed E-state index contributed by atoms with van der Waals surface area (Å²) in [5.41, 5.74) is 0.399. The number of carbonyl (C=O) groups is 3. The van der Waals surface area contributed by atoms with E-state index in [2.05, 4.69) is 4.74 Å². The Hall–Kier alpha value is -2.04. The predicted molar refractivity (Wildman–Crippen MR) is 61.4 cm³/mol. The summed E-state index contributed by atoms with van der Waals surface area (Å²) >= 11 is 0. The van der Waals surface area contributed by atoms with Crippen LogP contribution in [0.3, 0.4) is 0 Å². The van der Waals surface area contributed by atoms with Crippen LogP contribution in [0.5, 0.6) is 0 Å². The lowest BCUT2D eigenvalue weighted by atomic mass is 10.1. The fourth-order valence-electron chi connectivity index (χ4n) is 1.38. The topological polar surface area (TPSA) is 60.4 Å².